The molecule has 2 saturated heterocycles. The number of hydrogen-bond donors (Lipinski definition) is 1. The van der Waals surface area contributed by atoms with Crippen LogP contribution in [0.15, 0.2) is 30.3 Å². The Balaban J connectivity index is 1.76. The number of likely N-dealkylation sites (tertiary alicyclic amines) is 1. The fourth-order valence-electron chi connectivity index (χ4n) is 4.50. The van der Waals surface area contributed by atoms with E-state index < -0.39 is 0 Å². The number of rotatable bonds is 6. The van der Waals surface area contributed by atoms with E-state index in [-0.39, 0.29) is 23.9 Å². The van der Waals surface area contributed by atoms with E-state index in [1.807, 2.05) is 23.1 Å². The van der Waals surface area contributed by atoms with Crippen LogP contribution in [0.3, 0.4) is 0 Å². The Bertz CT molecular complexity index is 570. The Kier molecular flexibility index (Phi) is 6.68. The molecule has 2 aliphatic heterocycles. The van der Waals surface area contributed by atoms with Crippen molar-refractivity contribution >= 4 is 5.91 Å². The Morgan fingerprint density at radius 3 is 2.42 bits per heavy atom. The van der Waals surface area contributed by atoms with E-state index in [4.69, 9.17) is 10.5 Å². The predicted octanol–water partition coefficient (Wildman–Crippen LogP) is 2.08. The first-order chi connectivity index (χ1) is 12.7. The van der Waals surface area contributed by atoms with Gasteiger partial charge in [0.2, 0.25) is 5.91 Å². The van der Waals surface area contributed by atoms with Gasteiger partial charge in [-0.1, -0.05) is 57.0 Å². The van der Waals surface area contributed by atoms with Crippen LogP contribution in [0.5, 0.6) is 0 Å². The summed E-state index contributed by atoms with van der Waals surface area (Å²) in [5, 5.41) is 0. The van der Waals surface area contributed by atoms with Crippen LogP contribution in [0.25, 0.3) is 0 Å². The van der Waals surface area contributed by atoms with E-state index >= 15 is 0 Å². The normalized spacial score (nSPS) is 25.6. The lowest BCUT2D eigenvalue weighted by Gasteiger charge is -2.39. The highest BCUT2D eigenvalue weighted by Gasteiger charge is 2.40. The number of amides is 1. The maximum atomic E-state index is 13.5. The summed E-state index contributed by atoms with van der Waals surface area (Å²) < 4.78 is 5.51. The minimum atomic E-state index is -0.0457. The molecule has 26 heavy (non-hydrogen) atoms. The van der Waals surface area contributed by atoms with Crippen molar-refractivity contribution in [1.29, 1.82) is 0 Å². The fraction of sp³-hybridized carbons (Fsp3) is 0.667. The van der Waals surface area contributed by atoms with E-state index in [1.165, 1.54) is 5.56 Å². The first kappa shape index (κ1) is 19.3. The molecule has 3 rings (SSSR count). The molecule has 1 unspecified atom stereocenters. The van der Waals surface area contributed by atoms with Gasteiger partial charge in [-0.3, -0.25) is 9.69 Å². The van der Waals surface area contributed by atoms with Crippen molar-refractivity contribution in [3.8, 4) is 0 Å². The van der Waals surface area contributed by atoms with Crippen LogP contribution in [0.1, 0.15) is 38.2 Å². The molecule has 0 aliphatic carbocycles. The standard InChI is InChI=1S/C21H33N3O2/c1-3-16(4-2)20(23-10-12-26-13-11-23)21(25)24-14-18(19(22)15-24)17-8-6-5-7-9-17/h5-9,16,18-20H,3-4,10-15,22H2,1-2H3/t18-,19+,20?/m0/s1. The Morgan fingerprint density at radius 1 is 1.15 bits per heavy atom. The van der Waals surface area contributed by atoms with Gasteiger partial charge in [-0.2, -0.15) is 0 Å². The second kappa shape index (κ2) is 8.98. The van der Waals surface area contributed by atoms with E-state index in [1.54, 1.807) is 0 Å². The zero-order chi connectivity index (χ0) is 18.5. The second-order valence-electron chi connectivity index (χ2n) is 7.59. The molecule has 2 N–H and O–H groups in total. The number of benzene rings is 1. The average Bonchev–Trinajstić information content (AvgIpc) is 3.08. The highest BCUT2D eigenvalue weighted by molar-refractivity contribution is 5.83. The van der Waals surface area contributed by atoms with Gasteiger partial charge in [0.25, 0.3) is 0 Å². The van der Waals surface area contributed by atoms with Crippen LogP contribution in [-0.2, 0) is 9.53 Å². The molecule has 2 aliphatic rings. The summed E-state index contributed by atoms with van der Waals surface area (Å²) in [6.45, 7) is 8.88. The third kappa shape index (κ3) is 4.11. The monoisotopic (exact) mass is 359 g/mol. The molecule has 2 heterocycles. The Morgan fingerprint density at radius 2 is 1.81 bits per heavy atom. The first-order valence-electron chi connectivity index (χ1n) is 10.1. The fourth-order valence-corrected chi connectivity index (χ4v) is 4.50. The summed E-state index contributed by atoms with van der Waals surface area (Å²) in [6.07, 6.45) is 2.04. The Labute approximate surface area is 157 Å². The summed E-state index contributed by atoms with van der Waals surface area (Å²) in [5.74, 6) is 0.870. The van der Waals surface area contributed by atoms with Crippen molar-refractivity contribution in [2.75, 3.05) is 39.4 Å². The van der Waals surface area contributed by atoms with Crippen molar-refractivity contribution < 1.29 is 9.53 Å². The average molecular weight is 360 g/mol. The van der Waals surface area contributed by atoms with Gasteiger partial charge >= 0.3 is 0 Å². The number of nitrogens with two attached hydrogens (primary N) is 1. The third-order valence-corrected chi connectivity index (χ3v) is 6.09. The quantitative estimate of drug-likeness (QED) is 0.845. The summed E-state index contributed by atoms with van der Waals surface area (Å²) >= 11 is 0. The van der Waals surface area contributed by atoms with Gasteiger partial charge in [0.15, 0.2) is 0 Å². The molecule has 0 aromatic heterocycles. The molecule has 0 spiro atoms. The summed E-state index contributed by atoms with van der Waals surface area (Å²) in [7, 11) is 0. The minimum absolute atomic E-state index is 0.00777. The molecule has 0 saturated carbocycles. The number of hydrogen-bond acceptors (Lipinski definition) is 4. The largest absolute Gasteiger partial charge is 0.379 e. The molecule has 0 radical (unpaired) electrons. The highest BCUT2D eigenvalue weighted by atomic mass is 16.5. The molecule has 2 fully saturated rings. The number of carbonyl (C=O) groups is 1. The second-order valence-corrected chi connectivity index (χ2v) is 7.59. The van der Waals surface area contributed by atoms with Gasteiger partial charge in [0.05, 0.1) is 19.3 Å². The molecule has 5 nitrogen and oxygen atoms in total. The topological polar surface area (TPSA) is 58.8 Å². The lowest BCUT2D eigenvalue weighted by molar-refractivity contribution is -0.140. The molecule has 1 aromatic rings. The number of carbonyl (C=O) groups excluding carboxylic acids is 1. The SMILES string of the molecule is CCC(CC)C(C(=O)N1C[C@@H](N)[C@H](c2ccccc2)C1)N1CCOCC1. The maximum Gasteiger partial charge on any atom is 0.240 e. The van der Waals surface area contributed by atoms with Crippen LogP contribution in [-0.4, -0.2) is 67.2 Å². The van der Waals surface area contributed by atoms with E-state index in [0.717, 1.165) is 45.7 Å². The van der Waals surface area contributed by atoms with Crippen molar-refractivity contribution in [3.63, 3.8) is 0 Å². The molecule has 1 amide bonds. The highest BCUT2D eigenvalue weighted by Crippen LogP contribution is 2.29. The molecular weight excluding hydrogens is 326 g/mol. The van der Waals surface area contributed by atoms with Gasteiger partial charge in [0.1, 0.15) is 0 Å². The maximum absolute atomic E-state index is 13.5. The van der Waals surface area contributed by atoms with Crippen molar-refractivity contribution in [2.24, 2.45) is 11.7 Å². The van der Waals surface area contributed by atoms with Gasteiger partial charge in [-0.25, -0.2) is 0 Å². The smallest absolute Gasteiger partial charge is 0.240 e. The van der Waals surface area contributed by atoms with Gasteiger partial charge in [-0.05, 0) is 11.5 Å². The number of ether oxygens (including phenoxy) is 1. The van der Waals surface area contributed by atoms with Crippen molar-refractivity contribution in [2.45, 2.75) is 44.7 Å². The van der Waals surface area contributed by atoms with Gasteiger partial charge in [0, 0.05) is 38.1 Å². The summed E-state index contributed by atoms with van der Waals surface area (Å²) in [4.78, 5) is 17.9. The molecule has 5 heteroatoms. The van der Waals surface area contributed by atoms with E-state index in [0.29, 0.717) is 12.5 Å². The summed E-state index contributed by atoms with van der Waals surface area (Å²) in [6, 6.07) is 10.3. The third-order valence-electron chi connectivity index (χ3n) is 6.09. The van der Waals surface area contributed by atoms with Crippen LogP contribution >= 0.6 is 0 Å². The molecule has 144 valence electrons. The Hall–Kier alpha value is -1.43. The number of nitrogens with zero attached hydrogens (tertiary/aromatic N) is 2. The summed E-state index contributed by atoms with van der Waals surface area (Å²) in [5.41, 5.74) is 7.67. The molecular formula is C21H33N3O2. The molecule has 3 atom stereocenters. The minimum Gasteiger partial charge on any atom is -0.379 e. The van der Waals surface area contributed by atoms with Crippen molar-refractivity contribution in [3.05, 3.63) is 35.9 Å². The van der Waals surface area contributed by atoms with Gasteiger partial charge < -0.3 is 15.4 Å². The molecule has 1 aromatic carbocycles. The first-order valence-corrected chi connectivity index (χ1v) is 10.1. The number of morpholine rings is 1. The van der Waals surface area contributed by atoms with E-state index in [9.17, 15) is 4.79 Å². The zero-order valence-corrected chi connectivity index (χ0v) is 16.1. The van der Waals surface area contributed by atoms with Crippen LogP contribution in [0, 0.1) is 5.92 Å². The van der Waals surface area contributed by atoms with Crippen LogP contribution in [0.4, 0.5) is 0 Å². The lowest BCUT2D eigenvalue weighted by Crippen LogP contribution is -2.55. The van der Waals surface area contributed by atoms with Crippen LogP contribution < -0.4 is 5.73 Å². The van der Waals surface area contributed by atoms with Gasteiger partial charge in [-0.15, -0.1) is 0 Å². The van der Waals surface area contributed by atoms with Crippen molar-refractivity contribution in [1.82, 2.24) is 9.80 Å². The molecule has 0 bridgehead atoms. The predicted molar refractivity (Wildman–Crippen MR) is 104 cm³/mol. The zero-order valence-electron chi connectivity index (χ0n) is 16.1. The van der Waals surface area contributed by atoms with Crippen LogP contribution in [0.2, 0.25) is 0 Å². The van der Waals surface area contributed by atoms with E-state index in [2.05, 4.69) is 30.9 Å². The lowest BCUT2D eigenvalue weighted by atomic mass is 9.91.